The molecule has 1 aromatic rings. The number of phenols is 1. The number of benzene rings is 1. The molecule has 0 amide bonds. The Morgan fingerprint density at radius 2 is 1.01 bits per heavy atom. The summed E-state index contributed by atoms with van der Waals surface area (Å²) in [5.74, 6) is -3.50. The van der Waals surface area contributed by atoms with Crippen molar-refractivity contribution in [3.05, 3.63) is 33.9 Å². The zero-order valence-corrected chi connectivity index (χ0v) is 46.1. The molecule has 0 spiro atoms. The van der Waals surface area contributed by atoms with E-state index >= 15 is 0 Å². The Hall–Kier alpha value is -4.62. The number of allylic oxidation sites excluding steroid dienone is 2. The smallest absolute Gasteiger partial charge is 0.342 e. The van der Waals surface area contributed by atoms with Gasteiger partial charge in [0.05, 0.1) is 7.11 Å². The van der Waals surface area contributed by atoms with Crippen molar-refractivity contribution < 1.29 is 67.0 Å². The summed E-state index contributed by atoms with van der Waals surface area (Å²) in [6.45, 7) is 8.76. The molecule has 0 radical (unpaired) electrons. The van der Waals surface area contributed by atoms with Crippen molar-refractivity contribution in [1.29, 1.82) is 0 Å². The number of cyclic esters (lactones) is 1. The summed E-state index contributed by atoms with van der Waals surface area (Å²) in [5.41, 5.74) is 2.74. The minimum atomic E-state index is -1.00. The van der Waals surface area contributed by atoms with E-state index in [2.05, 4.69) is 13.8 Å². The van der Waals surface area contributed by atoms with E-state index in [1.165, 1.54) is 123 Å². The molecule has 14 heteroatoms. The predicted octanol–water partition coefficient (Wildman–Crippen LogP) is 14.1. The number of aromatic hydroxyl groups is 1. The Balaban J connectivity index is 1.74. The molecule has 1 aliphatic rings. The highest BCUT2D eigenvalue weighted by Gasteiger charge is 2.32. The molecule has 416 valence electrons. The summed E-state index contributed by atoms with van der Waals surface area (Å²) in [7, 11) is 1.49. The Morgan fingerprint density at radius 1 is 0.589 bits per heavy atom. The zero-order chi connectivity index (χ0) is 53.5. The second-order valence-corrected chi connectivity index (χ2v) is 20.3. The highest BCUT2D eigenvalue weighted by Crippen LogP contribution is 2.42. The van der Waals surface area contributed by atoms with Gasteiger partial charge in [0, 0.05) is 43.2 Å². The fourth-order valence-corrected chi connectivity index (χ4v) is 9.08. The van der Waals surface area contributed by atoms with E-state index in [9.17, 15) is 33.9 Å². The first kappa shape index (κ1) is 64.5. The van der Waals surface area contributed by atoms with Crippen LogP contribution in [-0.2, 0) is 65.4 Å². The van der Waals surface area contributed by atoms with Gasteiger partial charge in [0.25, 0.3) is 0 Å². The van der Waals surface area contributed by atoms with E-state index in [1.54, 1.807) is 13.8 Å². The molecule has 14 nitrogen and oxygen atoms in total. The maximum absolute atomic E-state index is 13.1. The molecule has 1 aromatic carbocycles. The summed E-state index contributed by atoms with van der Waals surface area (Å²) >= 11 is 0. The third-order valence-electron chi connectivity index (χ3n) is 13.6. The van der Waals surface area contributed by atoms with Crippen molar-refractivity contribution in [1.82, 2.24) is 0 Å². The van der Waals surface area contributed by atoms with Crippen molar-refractivity contribution in [2.24, 2.45) is 5.92 Å². The molecule has 1 heterocycles. The van der Waals surface area contributed by atoms with Gasteiger partial charge < -0.3 is 38.3 Å². The first-order valence-electron chi connectivity index (χ1n) is 28.4. The third kappa shape index (κ3) is 29.8. The number of phenolic OH excluding ortho intramolecular Hbond substituents is 1. The summed E-state index contributed by atoms with van der Waals surface area (Å²) in [6.07, 6.45) is 32.7. The molecule has 73 heavy (non-hydrogen) atoms. The van der Waals surface area contributed by atoms with E-state index in [1.807, 2.05) is 13.0 Å². The predicted molar refractivity (Wildman–Crippen MR) is 283 cm³/mol. The van der Waals surface area contributed by atoms with Crippen LogP contribution in [0.1, 0.15) is 260 Å². The van der Waals surface area contributed by atoms with E-state index < -0.39 is 54.6 Å². The van der Waals surface area contributed by atoms with Crippen molar-refractivity contribution >= 4 is 35.8 Å². The standard InChI is InChI=1S/C59H96O14/c1-7-9-11-13-15-17-19-21-23-25-27-29-31-33-51(60)68-41-48(42-69-52(61)34-32-30-28-26-24-22-20-18-16-14-12-10-8-2)73-55(64)40-46(4)39-54(63)72-44-71-53(62)38-36-45(3)35-37-49-57(65)56-50(43-70-59(56)66)47(5)58(49)67-6/h35,46,48,65H,7-34,36-44H2,1-6H3. The van der Waals surface area contributed by atoms with Gasteiger partial charge in [-0.15, -0.1) is 0 Å². The van der Waals surface area contributed by atoms with Gasteiger partial charge in [0.2, 0.25) is 6.79 Å². The van der Waals surface area contributed by atoms with Crippen molar-refractivity contribution in [2.45, 2.75) is 259 Å². The summed E-state index contributed by atoms with van der Waals surface area (Å²) in [6, 6.07) is 0. The summed E-state index contributed by atoms with van der Waals surface area (Å²) in [5, 5.41) is 10.9. The third-order valence-corrected chi connectivity index (χ3v) is 13.6. The molecule has 1 atom stereocenters. The number of carbonyl (C=O) groups is 6. The molecular formula is C59H96O14. The van der Waals surface area contributed by atoms with Crippen LogP contribution < -0.4 is 4.74 Å². The molecule has 1 N–H and O–H groups in total. The van der Waals surface area contributed by atoms with Gasteiger partial charge >= 0.3 is 35.8 Å². The maximum atomic E-state index is 13.1. The van der Waals surface area contributed by atoms with E-state index in [0.717, 1.165) is 49.7 Å². The normalized spacial score (nSPS) is 12.6. The molecule has 0 saturated carbocycles. The second kappa shape index (κ2) is 40.7. The Bertz CT molecular complexity index is 1740. The van der Waals surface area contributed by atoms with Crippen LogP contribution >= 0.6 is 0 Å². The average molecular weight is 1030 g/mol. The van der Waals surface area contributed by atoms with Gasteiger partial charge in [-0.05, 0) is 51.0 Å². The zero-order valence-electron chi connectivity index (χ0n) is 46.1. The van der Waals surface area contributed by atoms with E-state index in [0.29, 0.717) is 36.1 Å². The minimum absolute atomic E-state index is 0.00541. The van der Waals surface area contributed by atoms with Gasteiger partial charge in [0.1, 0.15) is 36.9 Å². The lowest BCUT2D eigenvalue weighted by molar-refractivity contribution is -0.170. The number of fused-ring (bicyclic) bond motifs is 1. The van der Waals surface area contributed by atoms with Crippen molar-refractivity contribution in [3.63, 3.8) is 0 Å². The minimum Gasteiger partial charge on any atom is -0.507 e. The van der Waals surface area contributed by atoms with Gasteiger partial charge in [-0.1, -0.05) is 187 Å². The number of esters is 6. The Kier molecular flexibility index (Phi) is 36.0. The maximum Gasteiger partial charge on any atom is 0.342 e. The number of methoxy groups -OCH3 is 1. The monoisotopic (exact) mass is 1030 g/mol. The highest BCUT2D eigenvalue weighted by molar-refractivity contribution is 5.98. The molecule has 1 aliphatic heterocycles. The van der Waals surface area contributed by atoms with Gasteiger partial charge in [-0.25, -0.2) is 4.79 Å². The molecule has 0 aromatic heterocycles. The van der Waals surface area contributed by atoms with Crippen LogP contribution in [0.25, 0.3) is 0 Å². The molecular weight excluding hydrogens is 933 g/mol. The van der Waals surface area contributed by atoms with Crippen LogP contribution in [0.4, 0.5) is 0 Å². The topological polar surface area (TPSA) is 187 Å². The van der Waals surface area contributed by atoms with Crippen molar-refractivity contribution in [3.8, 4) is 11.5 Å². The summed E-state index contributed by atoms with van der Waals surface area (Å²) < 4.78 is 37.5. The van der Waals surface area contributed by atoms with Crippen LogP contribution in [0, 0.1) is 12.8 Å². The fraction of sp³-hybridized carbons (Fsp3) is 0.763. The number of rotatable bonds is 45. The lowest BCUT2D eigenvalue weighted by Gasteiger charge is -2.19. The van der Waals surface area contributed by atoms with E-state index in [-0.39, 0.29) is 69.7 Å². The number of unbranched alkanes of at least 4 members (excludes halogenated alkanes) is 24. The first-order chi connectivity index (χ1) is 35.3. The number of ether oxygens (including phenoxy) is 7. The van der Waals surface area contributed by atoms with Gasteiger partial charge in [-0.3, -0.25) is 24.0 Å². The van der Waals surface area contributed by atoms with Crippen LogP contribution in [-0.4, -0.2) is 74.1 Å². The van der Waals surface area contributed by atoms with Crippen LogP contribution in [0.5, 0.6) is 11.5 Å². The Labute approximate surface area is 439 Å². The van der Waals surface area contributed by atoms with E-state index in [4.69, 9.17) is 33.2 Å². The average Bonchev–Trinajstić information content (AvgIpc) is 3.76. The molecule has 0 fully saturated rings. The second-order valence-electron chi connectivity index (χ2n) is 20.3. The molecule has 0 bridgehead atoms. The molecule has 2 rings (SSSR count). The van der Waals surface area contributed by atoms with Crippen LogP contribution in [0.15, 0.2) is 11.6 Å². The van der Waals surface area contributed by atoms with Crippen LogP contribution in [0.3, 0.4) is 0 Å². The first-order valence-corrected chi connectivity index (χ1v) is 28.4. The van der Waals surface area contributed by atoms with Gasteiger partial charge in [0.15, 0.2) is 6.10 Å². The SMILES string of the molecule is CCCCCCCCCCCCCCCC(=O)OCC(COC(=O)CCCCCCCCCCCCCCC)OC(=O)CC(C)CC(=O)OCOC(=O)CCC(C)=CCc1c(O)c2c(c(C)c1OC)COC2=O. The quantitative estimate of drug-likeness (QED) is 0.0214. The number of hydrogen-bond donors (Lipinski definition) is 1. The molecule has 0 saturated heterocycles. The largest absolute Gasteiger partial charge is 0.507 e. The molecule has 0 aliphatic carbocycles. The fourth-order valence-electron chi connectivity index (χ4n) is 9.08. The van der Waals surface area contributed by atoms with Gasteiger partial charge in [-0.2, -0.15) is 0 Å². The molecule has 1 unspecified atom stereocenters. The lowest BCUT2D eigenvalue weighted by atomic mass is 9.94. The van der Waals surface area contributed by atoms with Crippen molar-refractivity contribution in [2.75, 3.05) is 27.1 Å². The van der Waals surface area contributed by atoms with Crippen LogP contribution in [0.2, 0.25) is 0 Å². The lowest BCUT2D eigenvalue weighted by Crippen LogP contribution is -2.31. The summed E-state index contributed by atoms with van der Waals surface area (Å²) in [4.78, 5) is 75.7. The number of carbonyl (C=O) groups excluding carboxylic acids is 6. The highest BCUT2D eigenvalue weighted by atomic mass is 16.7. The Morgan fingerprint density at radius 3 is 1.48 bits per heavy atom. The number of hydrogen-bond acceptors (Lipinski definition) is 14.